The minimum Gasteiger partial charge on any atom is -0.462 e. The van der Waals surface area contributed by atoms with E-state index in [1.54, 1.807) is 13.1 Å². The second-order valence-electron chi connectivity index (χ2n) is 7.27. The van der Waals surface area contributed by atoms with E-state index in [9.17, 15) is 9.90 Å². The first-order valence-electron chi connectivity index (χ1n) is 8.45. The smallest absolute Gasteiger partial charge is 0.314 e. The lowest BCUT2D eigenvalue weighted by Crippen LogP contribution is -2.45. The Kier molecular flexibility index (Phi) is 4.69. The molecule has 2 bridgehead atoms. The lowest BCUT2D eigenvalue weighted by Gasteiger charge is -2.37. The highest BCUT2D eigenvalue weighted by molar-refractivity contribution is 5.77. The molecule has 3 heterocycles. The molecule has 23 heavy (non-hydrogen) atoms. The third-order valence-electron chi connectivity index (χ3n) is 5.47. The molecule has 0 spiro atoms. The number of nitrogens with zero attached hydrogens (tertiary/aromatic N) is 2. The Labute approximate surface area is 137 Å². The number of pyridine rings is 1. The highest BCUT2D eigenvalue weighted by Crippen LogP contribution is 2.36. The van der Waals surface area contributed by atoms with Crippen LogP contribution >= 0.6 is 0 Å². The summed E-state index contributed by atoms with van der Waals surface area (Å²) >= 11 is 0. The van der Waals surface area contributed by atoms with Crippen LogP contribution in [0.2, 0.25) is 0 Å². The van der Waals surface area contributed by atoms with Crippen molar-refractivity contribution in [3.8, 4) is 0 Å². The van der Waals surface area contributed by atoms with Crippen molar-refractivity contribution in [3.63, 3.8) is 0 Å². The number of rotatable bonds is 5. The highest BCUT2D eigenvalue weighted by atomic mass is 16.5. The van der Waals surface area contributed by atoms with Gasteiger partial charge in [0.1, 0.15) is 6.10 Å². The van der Waals surface area contributed by atoms with Gasteiger partial charge in [-0.3, -0.25) is 9.78 Å². The van der Waals surface area contributed by atoms with E-state index in [0.717, 1.165) is 18.5 Å². The second-order valence-corrected chi connectivity index (χ2v) is 7.27. The summed E-state index contributed by atoms with van der Waals surface area (Å²) in [6.45, 7) is 1.52. The molecule has 0 saturated carbocycles. The molecule has 2 aliphatic rings. The summed E-state index contributed by atoms with van der Waals surface area (Å²) in [7, 11) is 2.17. The zero-order valence-electron chi connectivity index (χ0n) is 13.9. The van der Waals surface area contributed by atoms with Crippen molar-refractivity contribution in [1.29, 1.82) is 0 Å². The quantitative estimate of drug-likeness (QED) is 0.839. The van der Waals surface area contributed by atoms with Crippen LogP contribution in [0, 0.1) is 5.41 Å². The third kappa shape index (κ3) is 3.40. The first-order chi connectivity index (χ1) is 11.0. The van der Waals surface area contributed by atoms with Crippen molar-refractivity contribution < 1.29 is 14.6 Å². The number of aliphatic hydroxyl groups is 1. The maximum atomic E-state index is 12.7. The highest BCUT2D eigenvalue weighted by Gasteiger charge is 2.42. The standard InChI is InChI=1S/C18H26N2O3/c1-18(12-21,11-13-5-3-4-8-19-13)17(22)23-16-9-14-6-7-15(10-16)20(14)2/h3-5,8,14-16,21H,6-7,9-12H2,1-2H3. The number of aromatic nitrogens is 1. The van der Waals surface area contributed by atoms with E-state index in [1.165, 1.54) is 12.8 Å². The van der Waals surface area contributed by atoms with Crippen LogP contribution in [0.5, 0.6) is 0 Å². The zero-order valence-corrected chi connectivity index (χ0v) is 13.9. The fourth-order valence-corrected chi connectivity index (χ4v) is 3.85. The van der Waals surface area contributed by atoms with Crippen molar-refractivity contribution in [1.82, 2.24) is 9.88 Å². The van der Waals surface area contributed by atoms with Gasteiger partial charge >= 0.3 is 5.97 Å². The number of hydrogen-bond acceptors (Lipinski definition) is 5. The number of piperidine rings is 1. The molecule has 5 heteroatoms. The summed E-state index contributed by atoms with van der Waals surface area (Å²) in [4.78, 5) is 19.3. The van der Waals surface area contributed by atoms with Crippen LogP contribution in [0.15, 0.2) is 24.4 Å². The topological polar surface area (TPSA) is 62.7 Å². The van der Waals surface area contributed by atoms with Crippen LogP contribution in [0.1, 0.15) is 38.3 Å². The first-order valence-corrected chi connectivity index (χ1v) is 8.45. The van der Waals surface area contributed by atoms with Crippen molar-refractivity contribution in [2.45, 2.75) is 57.2 Å². The molecule has 5 nitrogen and oxygen atoms in total. The van der Waals surface area contributed by atoms with E-state index in [1.807, 2.05) is 18.2 Å². The number of esters is 1. The molecule has 3 atom stereocenters. The molecule has 3 unspecified atom stereocenters. The molecular formula is C18H26N2O3. The summed E-state index contributed by atoms with van der Waals surface area (Å²) in [5.41, 5.74) is -0.138. The maximum absolute atomic E-state index is 12.7. The Bertz CT molecular complexity index is 536. The predicted molar refractivity (Wildman–Crippen MR) is 86.8 cm³/mol. The molecule has 2 aliphatic heterocycles. The largest absolute Gasteiger partial charge is 0.462 e. The molecule has 3 rings (SSSR count). The monoisotopic (exact) mass is 318 g/mol. The van der Waals surface area contributed by atoms with E-state index < -0.39 is 5.41 Å². The van der Waals surface area contributed by atoms with Gasteiger partial charge in [0.25, 0.3) is 0 Å². The molecule has 1 aromatic rings. The fourth-order valence-electron chi connectivity index (χ4n) is 3.85. The molecular weight excluding hydrogens is 292 g/mol. The Balaban J connectivity index is 1.64. The number of aliphatic hydroxyl groups excluding tert-OH is 1. The molecule has 0 aliphatic carbocycles. The van der Waals surface area contributed by atoms with Crippen LogP contribution < -0.4 is 0 Å². The van der Waals surface area contributed by atoms with Crippen molar-refractivity contribution in [3.05, 3.63) is 30.1 Å². The Hall–Kier alpha value is -1.46. The molecule has 1 N–H and O–H groups in total. The molecule has 0 radical (unpaired) electrons. The third-order valence-corrected chi connectivity index (χ3v) is 5.47. The normalized spacial score (nSPS) is 30.0. The fraction of sp³-hybridized carbons (Fsp3) is 0.667. The molecule has 0 aromatic carbocycles. The zero-order chi connectivity index (χ0) is 16.4. The summed E-state index contributed by atoms with van der Waals surface area (Å²) in [6, 6.07) is 6.66. The van der Waals surface area contributed by atoms with Crippen LogP contribution in [0.4, 0.5) is 0 Å². The van der Waals surface area contributed by atoms with Gasteiger partial charge < -0.3 is 14.7 Å². The van der Waals surface area contributed by atoms with Crippen molar-refractivity contribution >= 4 is 5.97 Å². The van der Waals surface area contributed by atoms with Gasteiger partial charge in [-0.25, -0.2) is 0 Å². The van der Waals surface area contributed by atoms with Gasteiger partial charge in [0, 0.05) is 30.4 Å². The predicted octanol–water partition coefficient (Wildman–Crippen LogP) is 1.79. The lowest BCUT2D eigenvalue weighted by atomic mass is 9.86. The van der Waals surface area contributed by atoms with E-state index in [4.69, 9.17) is 4.74 Å². The van der Waals surface area contributed by atoms with Crippen molar-refractivity contribution in [2.24, 2.45) is 5.41 Å². The second kappa shape index (κ2) is 6.57. The van der Waals surface area contributed by atoms with Crippen LogP contribution in [0.25, 0.3) is 0 Å². The van der Waals surface area contributed by atoms with Gasteiger partial charge in [-0.05, 0) is 51.8 Å². The Morgan fingerprint density at radius 2 is 2.09 bits per heavy atom. The number of carbonyl (C=O) groups excluding carboxylic acids is 1. The van der Waals surface area contributed by atoms with Crippen LogP contribution in [0.3, 0.4) is 0 Å². The van der Waals surface area contributed by atoms with E-state index in [0.29, 0.717) is 18.5 Å². The average Bonchev–Trinajstić information content (AvgIpc) is 2.76. The Morgan fingerprint density at radius 3 is 2.65 bits per heavy atom. The van der Waals surface area contributed by atoms with Crippen LogP contribution in [-0.4, -0.2) is 52.8 Å². The molecule has 1 aromatic heterocycles. The lowest BCUT2D eigenvalue weighted by molar-refractivity contribution is -0.166. The molecule has 126 valence electrons. The number of fused-ring (bicyclic) bond motifs is 2. The van der Waals surface area contributed by atoms with Gasteiger partial charge in [-0.15, -0.1) is 0 Å². The number of hydrogen-bond donors (Lipinski definition) is 1. The van der Waals surface area contributed by atoms with Crippen molar-refractivity contribution in [2.75, 3.05) is 13.7 Å². The molecule has 0 amide bonds. The Morgan fingerprint density at radius 1 is 1.39 bits per heavy atom. The molecule has 2 saturated heterocycles. The minimum absolute atomic E-state index is 0.0224. The van der Waals surface area contributed by atoms with Gasteiger partial charge in [0.15, 0.2) is 0 Å². The van der Waals surface area contributed by atoms with E-state index >= 15 is 0 Å². The molecule has 2 fully saturated rings. The minimum atomic E-state index is -0.934. The summed E-state index contributed by atoms with van der Waals surface area (Å²) in [5, 5.41) is 9.77. The van der Waals surface area contributed by atoms with Gasteiger partial charge in [0.2, 0.25) is 0 Å². The summed E-state index contributed by atoms with van der Waals surface area (Å²) in [6.07, 6.45) is 6.27. The maximum Gasteiger partial charge on any atom is 0.314 e. The van der Waals surface area contributed by atoms with Crippen LogP contribution in [-0.2, 0) is 16.0 Å². The SMILES string of the molecule is CN1C2CCC1CC(OC(=O)C(C)(CO)Cc1ccccn1)C2. The number of ether oxygens (including phenoxy) is 1. The van der Waals surface area contributed by atoms with E-state index in [-0.39, 0.29) is 18.7 Å². The number of carbonyl (C=O) groups is 1. The van der Waals surface area contributed by atoms with Gasteiger partial charge in [-0.1, -0.05) is 6.07 Å². The van der Waals surface area contributed by atoms with Gasteiger partial charge in [0.05, 0.1) is 12.0 Å². The van der Waals surface area contributed by atoms with Gasteiger partial charge in [-0.2, -0.15) is 0 Å². The summed E-state index contributed by atoms with van der Waals surface area (Å²) in [5.74, 6) is -0.306. The average molecular weight is 318 g/mol. The summed E-state index contributed by atoms with van der Waals surface area (Å²) < 4.78 is 5.80. The first kappa shape index (κ1) is 16.4. The van der Waals surface area contributed by atoms with E-state index in [2.05, 4.69) is 16.9 Å².